The number of hydrogen-bond acceptors (Lipinski definition) is 8. The Balaban J connectivity index is 0.000000241. The second-order valence-electron chi connectivity index (χ2n) is 14.2. The monoisotopic (exact) mass is 878 g/mol. The van der Waals surface area contributed by atoms with Crippen molar-refractivity contribution in [3.63, 3.8) is 0 Å². The van der Waals surface area contributed by atoms with Crippen LogP contribution in [0.15, 0.2) is 124 Å². The van der Waals surface area contributed by atoms with Crippen LogP contribution in [-0.4, -0.2) is 52.6 Å². The number of aromatic nitrogens is 2. The van der Waals surface area contributed by atoms with E-state index >= 15 is 0 Å². The predicted octanol–water partition coefficient (Wildman–Crippen LogP) is 11.6. The molecule has 2 aromatic heterocycles. The Hall–Kier alpha value is -4.88. The van der Waals surface area contributed by atoms with Gasteiger partial charge in [0.1, 0.15) is 17.7 Å². The smallest absolute Gasteiger partial charge is 0.335 e. The Bertz CT molecular complexity index is 2400. The number of halogens is 1. The van der Waals surface area contributed by atoms with Crippen LogP contribution in [0.5, 0.6) is 0 Å². The predicted molar refractivity (Wildman–Crippen MR) is 231 cm³/mol. The Kier molecular flexibility index (Phi) is 13.8. The molecule has 0 radical (unpaired) electrons. The highest BCUT2D eigenvalue weighted by Crippen LogP contribution is 2.37. The van der Waals surface area contributed by atoms with Gasteiger partial charge in [-0.25, -0.2) is 14.8 Å². The lowest BCUT2D eigenvalue weighted by Crippen LogP contribution is -2.34. The molecule has 0 saturated heterocycles. The van der Waals surface area contributed by atoms with Crippen molar-refractivity contribution < 1.29 is 32.9 Å². The van der Waals surface area contributed by atoms with Crippen LogP contribution in [0.3, 0.4) is 0 Å². The summed E-state index contributed by atoms with van der Waals surface area (Å²) in [5, 5.41) is 14.2. The van der Waals surface area contributed by atoms with Gasteiger partial charge in [0, 0.05) is 22.2 Å². The molecule has 10 heteroatoms. The maximum absolute atomic E-state index is 11.5. The number of carbonyl (C=O) groups is 1. The average molecular weight is 879 g/mol. The summed E-state index contributed by atoms with van der Waals surface area (Å²) in [6.45, 7) is 4.67. The first-order valence-corrected chi connectivity index (χ1v) is 21.0. The van der Waals surface area contributed by atoms with Gasteiger partial charge in [0.15, 0.2) is 6.10 Å². The second kappa shape index (κ2) is 19.5. The van der Waals surface area contributed by atoms with Crippen LogP contribution < -0.4 is 0 Å². The molecule has 1 fully saturated rings. The van der Waals surface area contributed by atoms with Gasteiger partial charge in [0.25, 0.3) is 0 Å². The highest BCUT2D eigenvalue weighted by molar-refractivity contribution is 14.1. The molecule has 3 atom stereocenters. The zero-order valence-corrected chi connectivity index (χ0v) is 34.4. The average Bonchev–Trinajstić information content (AvgIpc) is 3.89. The largest absolute Gasteiger partial charge is 0.479 e. The number of carboxylic acid groups (broad SMARTS) is 1. The summed E-state index contributed by atoms with van der Waals surface area (Å²) in [5.41, 5.74) is 5.94. The molecule has 294 valence electrons. The molecule has 7 aromatic rings. The zero-order valence-electron chi connectivity index (χ0n) is 32.2. The Labute approximate surface area is 346 Å². The van der Waals surface area contributed by atoms with E-state index in [0.717, 1.165) is 69.5 Å². The van der Waals surface area contributed by atoms with Gasteiger partial charge < -0.3 is 28.2 Å². The normalized spacial score (nSPS) is 16.0. The minimum absolute atomic E-state index is 0.0149. The molecular weight excluding hydrogens is 831 g/mol. The SMILES string of the molecule is CCCOC(CO[C@@H]1CCC[C@H](OCc2nc(-c3ccccc3-c3cccc4ccccc34)oc2C)C1)C(=O)O.ICc1coc(-c2ccc3ccccc3c2)n1. The number of carboxylic acids is 1. The van der Waals surface area contributed by atoms with E-state index in [1.54, 1.807) is 6.26 Å². The summed E-state index contributed by atoms with van der Waals surface area (Å²) < 4.78 is 30.1. The van der Waals surface area contributed by atoms with Crippen LogP contribution in [0.4, 0.5) is 0 Å². The van der Waals surface area contributed by atoms with Crippen molar-refractivity contribution in [1.82, 2.24) is 9.97 Å². The van der Waals surface area contributed by atoms with Crippen molar-refractivity contribution in [3.8, 4) is 34.0 Å². The van der Waals surface area contributed by atoms with E-state index < -0.39 is 12.1 Å². The third-order valence-electron chi connectivity index (χ3n) is 10.1. The Morgan fingerprint density at radius 3 is 2.30 bits per heavy atom. The number of oxazole rings is 2. The number of rotatable bonds is 14. The molecule has 0 amide bonds. The van der Waals surface area contributed by atoms with Crippen LogP contribution in [0.2, 0.25) is 0 Å². The molecule has 1 aliphatic rings. The van der Waals surface area contributed by atoms with E-state index in [1.807, 2.05) is 50.2 Å². The number of fused-ring (bicyclic) bond motifs is 2. The van der Waals surface area contributed by atoms with Crippen molar-refractivity contribution in [2.24, 2.45) is 0 Å². The summed E-state index contributed by atoms with van der Waals surface area (Å²) in [5.74, 6) is 1.03. The first-order chi connectivity index (χ1) is 27.9. The van der Waals surface area contributed by atoms with Crippen LogP contribution in [0.25, 0.3) is 55.6 Å². The molecule has 2 heterocycles. The number of nitrogens with zero attached hydrogens (tertiary/aromatic N) is 2. The number of benzene rings is 5. The fourth-order valence-electron chi connectivity index (χ4n) is 7.14. The molecule has 1 aliphatic carbocycles. The Morgan fingerprint density at radius 1 is 0.825 bits per heavy atom. The first kappa shape index (κ1) is 40.3. The van der Waals surface area contributed by atoms with Gasteiger partial charge in [-0.3, -0.25) is 0 Å². The molecule has 1 saturated carbocycles. The number of alkyl halides is 1. The van der Waals surface area contributed by atoms with Gasteiger partial charge in [-0.2, -0.15) is 0 Å². The van der Waals surface area contributed by atoms with E-state index in [0.29, 0.717) is 31.4 Å². The quantitative estimate of drug-likeness (QED) is 0.0841. The third-order valence-corrected chi connectivity index (χ3v) is 10.9. The maximum atomic E-state index is 11.5. The number of hydrogen-bond donors (Lipinski definition) is 1. The van der Waals surface area contributed by atoms with E-state index in [1.165, 1.54) is 21.5 Å². The van der Waals surface area contributed by atoms with Crippen LogP contribution in [0.1, 0.15) is 56.2 Å². The molecular formula is C47H47IN2O7. The first-order valence-electron chi connectivity index (χ1n) is 19.5. The van der Waals surface area contributed by atoms with Crippen LogP contribution in [0, 0.1) is 6.92 Å². The van der Waals surface area contributed by atoms with E-state index in [2.05, 4.69) is 100 Å². The Morgan fingerprint density at radius 2 is 1.53 bits per heavy atom. The summed E-state index contributed by atoms with van der Waals surface area (Å²) in [4.78, 5) is 20.7. The summed E-state index contributed by atoms with van der Waals surface area (Å²) in [6.07, 6.45) is 5.01. The van der Waals surface area contributed by atoms with Gasteiger partial charge in [0.05, 0.1) is 31.1 Å². The molecule has 0 spiro atoms. The topological polar surface area (TPSA) is 117 Å². The lowest BCUT2D eigenvalue weighted by Gasteiger charge is -2.29. The van der Waals surface area contributed by atoms with Gasteiger partial charge in [-0.05, 0) is 89.9 Å². The van der Waals surface area contributed by atoms with Crippen molar-refractivity contribution in [3.05, 3.63) is 133 Å². The van der Waals surface area contributed by atoms with Crippen molar-refractivity contribution >= 4 is 50.1 Å². The highest BCUT2D eigenvalue weighted by Gasteiger charge is 2.27. The standard InChI is InChI=1S/C33H37NO6.C14H10INO/c1-3-18-37-31(33(35)36)21-39-25-13-9-12-24(19-25)38-20-30-22(2)40-32(34-30)29-16-7-6-15-28(29)27-17-8-11-23-10-4-5-14-26(23)27;15-8-13-9-17-14(16-13)12-6-5-10-3-1-2-4-11(10)7-12/h4-8,10-11,14-17,24-25,31H,3,9,12-13,18-21H2,1-2H3,(H,35,36);1-7,9H,8H2/t24-,25+,31?;/m0./s1. The molecule has 0 aliphatic heterocycles. The van der Waals surface area contributed by atoms with Crippen molar-refractivity contribution in [2.75, 3.05) is 13.2 Å². The molecule has 0 bridgehead atoms. The summed E-state index contributed by atoms with van der Waals surface area (Å²) in [6, 6.07) is 37.4. The number of aryl methyl sites for hydroxylation is 1. The fraction of sp³-hybridized carbons (Fsp3) is 0.298. The molecule has 57 heavy (non-hydrogen) atoms. The summed E-state index contributed by atoms with van der Waals surface area (Å²) >= 11 is 2.28. The lowest BCUT2D eigenvalue weighted by atomic mass is 9.94. The second-order valence-corrected chi connectivity index (χ2v) is 14.9. The fourth-order valence-corrected chi connectivity index (χ4v) is 7.49. The number of ether oxygens (including phenoxy) is 3. The zero-order chi connectivity index (χ0) is 39.6. The third kappa shape index (κ3) is 10.2. The molecule has 1 unspecified atom stereocenters. The lowest BCUT2D eigenvalue weighted by molar-refractivity contribution is -0.157. The van der Waals surface area contributed by atoms with Gasteiger partial charge >= 0.3 is 5.97 Å². The maximum Gasteiger partial charge on any atom is 0.335 e. The molecule has 9 nitrogen and oxygen atoms in total. The van der Waals surface area contributed by atoms with Crippen molar-refractivity contribution in [2.45, 2.75) is 75.3 Å². The van der Waals surface area contributed by atoms with Crippen LogP contribution >= 0.6 is 22.6 Å². The van der Waals surface area contributed by atoms with Gasteiger partial charge in [-0.15, -0.1) is 0 Å². The van der Waals surface area contributed by atoms with E-state index in [4.69, 9.17) is 28.0 Å². The number of aliphatic carboxylic acids is 1. The van der Waals surface area contributed by atoms with E-state index in [9.17, 15) is 9.90 Å². The summed E-state index contributed by atoms with van der Waals surface area (Å²) in [7, 11) is 0. The minimum Gasteiger partial charge on any atom is -0.479 e. The van der Waals surface area contributed by atoms with Crippen molar-refractivity contribution in [1.29, 1.82) is 0 Å². The molecule has 5 aromatic carbocycles. The molecule has 1 N–H and O–H groups in total. The van der Waals surface area contributed by atoms with Gasteiger partial charge in [0.2, 0.25) is 11.8 Å². The van der Waals surface area contributed by atoms with E-state index in [-0.39, 0.29) is 18.8 Å². The van der Waals surface area contributed by atoms with Gasteiger partial charge in [-0.1, -0.05) is 121 Å². The highest BCUT2D eigenvalue weighted by atomic mass is 127. The van der Waals surface area contributed by atoms with Crippen LogP contribution in [-0.2, 0) is 30.0 Å². The minimum atomic E-state index is -0.989. The molecule has 8 rings (SSSR count).